The van der Waals surface area contributed by atoms with E-state index in [1.54, 1.807) is 0 Å². The van der Waals surface area contributed by atoms with Crippen molar-refractivity contribution in [3.63, 3.8) is 0 Å². The van der Waals surface area contributed by atoms with Crippen LogP contribution in [0.25, 0.3) is 10.9 Å². The second-order valence-corrected chi connectivity index (χ2v) is 3.59. The number of fused-ring (bicyclic) bond motifs is 1. The van der Waals surface area contributed by atoms with Crippen molar-refractivity contribution in [2.24, 2.45) is 0 Å². The third kappa shape index (κ3) is 2.51. The Morgan fingerprint density at radius 1 is 1.32 bits per heavy atom. The number of halogens is 3. The third-order valence-electron chi connectivity index (χ3n) is 2.33. The van der Waals surface area contributed by atoms with Crippen LogP contribution in [0.2, 0.25) is 0 Å². The molecule has 0 bridgehead atoms. The fraction of sp³-hybridized carbons (Fsp3) is 0.0909. The number of benzene rings is 1. The van der Waals surface area contributed by atoms with Gasteiger partial charge in [-0.15, -0.1) is 0 Å². The van der Waals surface area contributed by atoms with Crippen LogP contribution in [-0.4, -0.2) is 16.2 Å². The van der Waals surface area contributed by atoms with E-state index in [0.29, 0.717) is 6.07 Å². The van der Waals surface area contributed by atoms with Gasteiger partial charge in [0.05, 0.1) is 16.5 Å². The lowest BCUT2D eigenvalue weighted by Crippen LogP contribution is -2.14. The summed E-state index contributed by atoms with van der Waals surface area (Å²) in [6.07, 6.45) is -6.36. The molecule has 1 heterocycles. The molecule has 0 atom stereocenters. The number of ether oxygens (including phenoxy) is 1. The molecule has 100 valence electrons. The number of hydrogen-bond donors (Lipinski definition) is 2. The lowest BCUT2D eigenvalue weighted by molar-refractivity contribution is -0.136. The molecule has 0 aliphatic carbocycles. The van der Waals surface area contributed by atoms with Gasteiger partial charge in [-0.1, -0.05) is 6.07 Å². The predicted molar refractivity (Wildman–Crippen MR) is 58.2 cm³/mol. The number of carbonyl (C=O) groups is 1. The molecular weight excluding hydrogens is 267 g/mol. The fourth-order valence-electron chi connectivity index (χ4n) is 1.67. The summed E-state index contributed by atoms with van der Waals surface area (Å²) in [5.74, 6) is -0.440. The van der Waals surface area contributed by atoms with Gasteiger partial charge in [-0.2, -0.15) is 13.2 Å². The smallest absolute Gasteiger partial charge is 0.449 e. The largest absolute Gasteiger partial charge is 0.512 e. The van der Waals surface area contributed by atoms with Crippen LogP contribution >= 0.6 is 0 Å². The molecule has 0 unspecified atom stereocenters. The van der Waals surface area contributed by atoms with E-state index >= 15 is 0 Å². The number of alkyl halides is 3. The van der Waals surface area contributed by atoms with Crippen LogP contribution in [0.3, 0.4) is 0 Å². The fourth-order valence-corrected chi connectivity index (χ4v) is 1.67. The van der Waals surface area contributed by atoms with Crippen LogP contribution in [0.4, 0.5) is 18.0 Å². The highest BCUT2D eigenvalue weighted by atomic mass is 19.4. The van der Waals surface area contributed by atoms with Gasteiger partial charge in [0.25, 0.3) is 0 Å². The van der Waals surface area contributed by atoms with E-state index in [9.17, 15) is 22.8 Å². The molecule has 0 spiro atoms. The number of carboxylic acid groups (broad SMARTS) is 1. The SMILES string of the molecule is O=C(O)Oc1cc(=O)c2c(C(F)(F)F)cccc2[nH]1. The first-order valence-corrected chi connectivity index (χ1v) is 4.93. The van der Waals surface area contributed by atoms with Gasteiger partial charge < -0.3 is 14.8 Å². The van der Waals surface area contributed by atoms with E-state index in [4.69, 9.17) is 5.11 Å². The monoisotopic (exact) mass is 273 g/mol. The summed E-state index contributed by atoms with van der Waals surface area (Å²) in [6, 6.07) is 3.76. The minimum Gasteiger partial charge on any atom is -0.449 e. The molecule has 0 aliphatic rings. The highest BCUT2D eigenvalue weighted by molar-refractivity contribution is 5.83. The Labute approximate surface area is 103 Å². The molecule has 8 heteroatoms. The van der Waals surface area contributed by atoms with Gasteiger partial charge in [0.1, 0.15) is 0 Å². The van der Waals surface area contributed by atoms with E-state index in [1.807, 2.05) is 0 Å². The molecule has 1 aromatic heterocycles. The van der Waals surface area contributed by atoms with Crippen molar-refractivity contribution in [2.45, 2.75) is 6.18 Å². The van der Waals surface area contributed by atoms with Crippen LogP contribution in [0.1, 0.15) is 5.56 Å². The van der Waals surface area contributed by atoms with Crippen molar-refractivity contribution >= 4 is 17.1 Å². The molecule has 0 radical (unpaired) electrons. The summed E-state index contributed by atoms with van der Waals surface area (Å²) in [6.45, 7) is 0. The summed E-state index contributed by atoms with van der Waals surface area (Å²) < 4.78 is 42.4. The van der Waals surface area contributed by atoms with Crippen LogP contribution in [0, 0.1) is 0 Å². The van der Waals surface area contributed by atoms with Crippen molar-refractivity contribution in [1.29, 1.82) is 0 Å². The Balaban J connectivity index is 2.73. The van der Waals surface area contributed by atoms with Crippen molar-refractivity contribution in [3.05, 3.63) is 40.1 Å². The highest BCUT2D eigenvalue weighted by Crippen LogP contribution is 2.33. The van der Waals surface area contributed by atoms with Gasteiger partial charge in [-0.3, -0.25) is 4.79 Å². The van der Waals surface area contributed by atoms with Crippen molar-refractivity contribution in [3.8, 4) is 5.88 Å². The topological polar surface area (TPSA) is 79.4 Å². The molecule has 19 heavy (non-hydrogen) atoms. The van der Waals surface area contributed by atoms with Crippen molar-refractivity contribution in [2.75, 3.05) is 0 Å². The third-order valence-corrected chi connectivity index (χ3v) is 2.33. The number of rotatable bonds is 1. The summed E-state index contributed by atoms with van der Waals surface area (Å²) in [7, 11) is 0. The Morgan fingerprint density at radius 3 is 2.58 bits per heavy atom. The van der Waals surface area contributed by atoms with Gasteiger partial charge in [0.2, 0.25) is 5.88 Å². The molecule has 2 N–H and O–H groups in total. The normalized spacial score (nSPS) is 11.5. The summed E-state index contributed by atoms with van der Waals surface area (Å²) in [4.78, 5) is 24.3. The minimum atomic E-state index is -4.68. The molecule has 0 fully saturated rings. The summed E-state index contributed by atoms with van der Waals surface area (Å²) >= 11 is 0. The second kappa shape index (κ2) is 4.30. The van der Waals surface area contributed by atoms with Crippen molar-refractivity contribution < 1.29 is 27.8 Å². The van der Waals surface area contributed by atoms with Crippen LogP contribution < -0.4 is 10.2 Å². The van der Waals surface area contributed by atoms with Gasteiger partial charge >= 0.3 is 12.3 Å². The average molecular weight is 273 g/mol. The molecule has 0 saturated carbocycles. The van der Waals surface area contributed by atoms with Crippen LogP contribution in [0.5, 0.6) is 5.88 Å². The molecule has 0 amide bonds. The van der Waals surface area contributed by atoms with E-state index in [0.717, 1.165) is 12.1 Å². The first-order valence-electron chi connectivity index (χ1n) is 4.93. The average Bonchev–Trinajstić information content (AvgIpc) is 2.25. The molecule has 2 rings (SSSR count). The first kappa shape index (κ1) is 12.9. The molecule has 0 aliphatic heterocycles. The number of aromatic nitrogens is 1. The zero-order chi connectivity index (χ0) is 14.2. The summed E-state index contributed by atoms with van der Waals surface area (Å²) in [5, 5.41) is 7.83. The first-order chi connectivity index (χ1) is 8.79. The highest BCUT2D eigenvalue weighted by Gasteiger charge is 2.33. The lowest BCUT2D eigenvalue weighted by Gasteiger charge is -2.10. The molecule has 5 nitrogen and oxygen atoms in total. The Kier molecular flexibility index (Phi) is 2.93. The van der Waals surface area contributed by atoms with E-state index in [2.05, 4.69) is 9.72 Å². The van der Waals surface area contributed by atoms with Gasteiger partial charge in [-0.05, 0) is 12.1 Å². The van der Waals surface area contributed by atoms with E-state index in [-0.39, 0.29) is 5.52 Å². The Bertz CT molecular complexity index is 705. The molecular formula is C11H6F3NO4. The van der Waals surface area contributed by atoms with Gasteiger partial charge in [0, 0.05) is 6.07 Å². The Morgan fingerprint density at radius 2 is 2.00 bits per heavy atom. The van der Waals surface area contributed by atoms with Gasteiger partial charge in [-0.25, -0.2) is 4.79 Å². The van der Waals surface area contributed by atoms with E-state index in [1.165, 1.54) is 6.07 Å². The lowest BCUT2D eigenvalue weighted by atomic mass is 10.1. The second-order valence-electron chi connectivity index (χ2n) is 3.59. The number of hydrogen-bond acceptors (Lipinski definition) is 3. The Hall–Kier alpha value is -2.51. The maximum atomic E-state index is 12.7. The zero-order valence-electron chi connectivity index (χ0n) is 9.12. The van der Waals surface area contributed by atoms with E-state index < -0.39 is 34.6 Å². The predicted octanol–water partition coefficient (Wildman–Crippen LogP) is 2.60. The zero-order valence-corrected chi connectivity index (χ0v) is 9.12. The van der Waals surface area contributed by atoms with Crippen LogP contribution in [0.15, 0.2) is 29.1 Å². The summed E-state index contributed by atoms with van der Waals surface area (Å²) in [5.41, 5.74) is -2.22. The minimum absolute atomic E-state index is 0.154. The number of pyridine rings is 1. The number of nitrogens with one attached hydrogen (secondary N) is 1. The number of H-pyrrole nitrogens is 1. The van der Waals surface area contributed by atoms with Gasteiger partial charge in [0.15, 0.2) is 5.43 Å². The maximum absolute atomic E-state index is 12.7. The maximum Gasteiger partial charge on any atom is 0.512 e. The molecule has 2 aromatic rings. The quantitative estimate of drug-likeness (QED) is 0.783. The molecule has 0 saturated heterocycles. The molecule has 1 aromatic carbocycles. The standard InChI is InChI=1S/C11H6F3NO4/c12-11(13,14)5-2-1-3-6-9(5)7(16)4-8(15-6)19-10(17)18/h1-4H,(H,15,16)(H,17,18). The van der Waals surface area contributed by atoms with Crippen LogP contribution in [-0.2, 0) is 6.18 Å². The number of aromatic amines is 1. The van der Waals surface area contributed by atoms with Crippen molar-refractivity contribution in [1.82, 2.24) is 4.98 Å².